The van der Waals surface area contributed by atoms with Crippen LogP contribution in [0.15, 0.2) is 18.2 Å². The molecule has 0 aliphatic heterocycles. The topological polar surface area (TPSA) is 86.5 Å². The van der Waals surface area contributed by atoms with Gasteiger partial charge in [0.2, 0.25) is 0 Å². The van der Waals surface area contributed by atoms with E-state index < -0.39 is 10.9 Å². The summed E-state index contributed by atoms with van der Waals surface area (Å²) in [6, 6.07) is 4.02. The van der Waals surface area contributed by atoms with Crippen LogP contribution in [0.4, 0.5) is 5.69 Å². The molecule has 1 rings (SSSR count). The average Bonchev–Trinajstić information content (AvgIpc) is 2.38. The number of nitro benzene ring substituents is 1. The molecule has 0 saturated heterocycles. The van der Waals surface area contributed by atoms with Gasteiger partial charge in [-0.2, -0.15) is 0 Å². The van der Waals surface area contributed by atoms with Crippen molar-refractivity contribution in [3.63, 3.8) is 0 Å². The van der Waals surface area contributed by atoms with Crippen LogP contribution >= 0.6 is 0 Å². The van der Waals surface area contributed by atoms with Crippen LogP contribution in [0.3, 0.4) is 0 Å². The molecule has 1 aromatic rings. The third-order valence-electron chi connectivity index (χ3n) is 2.28. The molecule has 0 unspecified atom stereocenters. The minimum atomic E-state index is -0.616. The quantitative estimate of drug-likeness (QED) is 0.272. The van der Waals surface area contributed by atoms with E-state index in [0.717, 1.165) is 0 Å². The third-order valence-corrected chi connectivity index (χ3v) is 2.28. The number of carbonyl (C=O) groups excluding carboxylic acids is 2. The molecule has 0 amide bonds. The van der Waals surface area contributed by atoms with Crippen LogP contribution in [0.25, 0.3) is 0 Å². The Labute approximate surface area is 109 Å². The van der Waals surface area contributed by atoms with Crippen LogP contribution in [0, 0.1) is 22.0 Å². The summed E-state index contributed by atoms with van der Waals surface area (Å²) in [5.41, 5.74) is 0.134. The Balaban J connectivity index is 3.10. The second kappa shape index (κ2) is 6.31. The summed E-state index contributed by atoms with van der Waals surface area (Å²) in [4.78, 5) is 32.3. The van der Waals surface area contributed by atoms with Gasteiger partial charge < -0.3 is 4.74 Å². The SMILES string of the molecule is COC(=O)CC#Cc1ccc(C(C)=O)cc1[N+](=O)[O-]. The Morgan fingerprint density at radius 3 is 2.63 bits per heavy atom. The lowest BCUT2D eigenvalue weighted by Crippen LogP contribution is -1.99. The number of hydrogen-bond donors (Lipinski definition) is 0. The number of methoxy groups -OCH3 is 1. The average molecular weight is 261 g/mol. The highest BCUT2D eigenvalue weighted by Gasteiger charge is 2.14. The van der Waals surface area contributed by atoms with Crippen molar-refractivity contribution >= 4 is 17.4 Å². The molecule has 0 aliphatic carbocycles. The van der Waals surface area contributed by atoms with Gasteiger partial charge in [0, 0.05) is 11.6 Å². The van der Waals surface area contributed by atoms with E-state index in [1.54, 1.807) is 0 Å². The van der Waals surface area contributed by atoms with Gasteiger partial charge in [0.15, 0.2) is 5.78 Å². The molecule has 0 fully saturated rings. The Kier molecular flexibility index (Phi) is 4.77. The van der Waals surface area contributed by atoms with Crippen LogP contribution in [-0.2, 0) is 9.53 Å². The molecule has 0 heterocycles. The molecule has 0 spiro atoms. The molecule has 6 heteroatoms. The fraction of sp³-hybridized carbons (Fsp3) is 0.231. The number of esters is 1. The predicted molar refractivity (Wildman–Crippen MR) is 66.6 cm³/mol. The lowest BCUT2D eigenvalue weighted by molar-refractivity contribution is -0.385. The van der Waals surface area contributed by atoms with E-state index in [-0.39, 0.29) is 29.0 Å². The van der Waals surface area contributed by atoms with E-state index in [2.05, 4.69) is 16.6 Å². The van der Waals surface area contributed by atoms with Crippen molar-refractivity contribution in [2.75, 3.05) is 7.11 Å². The molecule has 0 aliphatic rings. The monoisotopic (exact) mass is 261 g/mol. The first kappa shape index (κ1) is 14.4. The van der Waals surface area contributed by atoms with Crippen molar-refractivity contribution in [3.05, 3.63) is 39.4 Å². The zero-order valence-corrected chi connectivity index (χ0v) is 10.4. The fourth-order valence-corrected chi connectivity index (χ4v) is 1.29. The summed E-state index contributed by atoms with van der Waals surface area (Å²) in [5, 5.41) is 10.9. The number of nitrogens with zero attached hydrogens (tertiary/aromatic N) is 1. The summed E-state index contributed by atoms with van der Waals surface area (Å²) in [7, 11) is 1.23. The normalized spacial score (nSPS) is 9.16. The van der Waals surface area contributed by atoms with Gasteiger partial charge in [-0.05, 0) is 19.1 Å². The number of nitro groups is 1. The van der Waals surface area contributed by atoms with Gasteiger partial charge in [0.1, 0.15) is 12.0 Å². The second-order valence-electron chi connectivity index (χ2n) is 3.60. The molecule has 0 bridgehead atoms. The van der Waals surface area contributed by atoms with Crippen LogP contribution < -0.4 is 0 Å². The number of rotatable bonds is 3. The number of Topliss-reactive ketones (excluding diaryl/α,β-unsaturated/α-hetero) is 1. The summed E-state index contributed by atoms with van der Waals surface area (Å²) < 4.78 is 4.40. The molecule has 0 saturated carbocycles. The van der Waals surface area contributed by atoms with Crippen molar-refractivity contribution in [3.8, 4) is 11.8 Å². The van der Waals surface area contributed by atoms with Gasteiger partial charge in [0.25, 0.3) is 5.69 Å². The minimum absolute atomic E-state index is 0.151. The van der Waals surface area contributed by atoms with Crippen LogP contribution in [0.5, 0.6) is 0 Å². The molecule has 0 aromatic heterocycles. The second-order valence-corrected chi connectivity index (χ2v) is 3.60. The number of ketones is 1. The first-order chi connectivity index (χ1) is 8.95. The van der Waals surface area contributed by atoms with Crippen molar-refractivity contribution in [2.45, 2.75) is 13.3 Å². The van der Waals surface area contributed by atoms with Crippen LogP contribution in [0.1, 0.15) is 29.3 Å². The van der Waals surface area contributed by atoms with Gasteiger partial charge in [-0.15, -0.1) is 0 Å². The Morgan fingerprint density at radius 1 is 1.42 bits per heavy atom. The zero-order valence-electron chi connectivity index (χ0n) is 10.4. The zero-order chi connectivity index (χ0) is 14.4. The fourth-order valence-electron chi connectivity index (χ4n) is 1.29. The molecule has 0 atom stereocenters. The number of carbonyl (C=O) groups is 2. The summed E-state index contributed by atoms with van der Waals surface area (Å²) in [5.74, 6) is 4.22. The first-order valence-corrected chi connectivity index (χ1v) is 5.30. The van der Waals surface area contributed by atoms with Gasteiger partial charge in [-0.1, -0.05) is 11.8 Å². The van der Waals surface area contributed by atoms with Crippen molar-refractivity contribution in [1.29, 1.82) is 0 Å². The number of benzene rings is 1. The van der Waals surface area contributed by atoms with Gasteiger partial charge in [-0.25, -0.2) is 0 Å². The van der Waals surface area contributed by atoms with Crippen LogP contribution in [0.2, 0.25) is 0 Å². The van der Waals surface area contributed by atoms with Gasteiger partial charge in [0.05, 0.1) is 12.0 Å². The maximum Gasteiger partial charge on any atom is 0.317 e. The molecule has 98 valence electrons. The van der Waals surface area contributed by atoms with E-state index in [1.165, 1.54) is 32.2 Å². The summed E-state index contributed by atoms with van der Waals surface area (Å²) in [6.07, 6.45) is -0.151. The van der Waals surface area contributed by atoms with Crippen LogP contribution in [-0.4, -0.2) is 23.8 Å². The van der Waals surface area contributed by atoms with Gasteiger partial charge >= 0.3 is 5.97 Å². The standard InChI is InChI=1S/C13H11NO5/c1-9(15)11-7-6-10(12(8-11)14(17)18)4-3-5-13(16)19-2/h6-8H,5H2,1-2H3. The molecular weight excluding hydrogens is 250 g/mol. The van der Waals surface area contributed by atoms with Crippen molar-refractivity contribution < 1.29 is 19.2 Å². The molecule has 1 aromatic carbocycles. The van der Waals surface area contributed by atoms with Gasteiger partial charge in [-0.3, -0.25) is 19.7 Å². The lowest BCUT2D eigenvalue weighted by Gasteiger charge is -1.98. The molecular formula is C13H11NO5. The van der Waals surface area contributed by atoms with Crippen molar-refractivity contribution in [2.24, 2.45) is 0 Å². The highest BCUT2D eigenvalue weighted by Crippen LogP contribution is 2.19. The maximum atomic E-state index is 11.2. The smallest absolute Gasteiger partial charge is 0.317 e. The third kappa shape index (κ3) is 3.92. The predicted octanol–water partition coefficient (Wildman–Crippen LogP) is 1.71. The molecule has 0 N–H and O–H groups in total. The lowest BCUT2D eigenvalue weighted by atomic mass is 10.1. The summed E-state index contributed by atoms with van der Waals surface area (Å²) >= 11 is 0. The Hall–Kier alpha value is -2.68. The van der Waals surface area contributed by atoms with E-state index in [0.29, 0.717) is 0 Å². The summed E-state index contributed by atoms with van der Waals surface area (Å²) in [6.45, 7) is 1.32. The number of hydrogen-bond acceptors (Lipinski definition) is 5. The van der Waals surface area contributed by atoms with E-state index in [1.807, 2.05) is 0 Å². The highest BCUT2D eigenvalue weighted by molar-refractivity contribution is 5.95. The van der Waals surface area contributed by atoms with E-state index in [9.17, 15) is 19.7 Å². The van der Waals surface area contributed by atoms with E-state index in [4.69, 9.17) is 0 Å². The Morgan fingerprint density at radius 2 is 2.11 bits per heavy atom. The first-order valence-electron chi connectivity index (χ1n) is 5.30. The van der Waals surface area contributed by atoms with E-state index >= 15 is 0 Å². The molecule has 6 nitrogen and oxygen atoms in total. The number of ether oxygens (including phenoxy) is 1. The Bertz CT molecular complexity index is 595. The molecule has 0 radical (unpaired) electrons. The van der Waals surface area contributed by atoms with Crippen molar-refractivity contribution in [1.82, 2.24) is 0 Å². The highest BCUT2D eigenvalue weighted by atomic mass is 16.6. The maximum absolute atomic E-state index is 11.2. The molecule has 19 heavy (non-hydrogen) atoms. The minimum Gasteiger partial charge on any atom is -0.468 e. The largest absolute Gasteiger partial charge is 0.468 e.